The van der Waals surface area contributed by atoms with Crippen molar-refractivity contribution in [3.63, 3.8) is 0 Å². The summed E-state index contributed by atoms with van der Waals surface area (Å²) in [5.41, 5.74) is 0.597. The van der Waals surface area contributed by atoms with Crippen molar-refractivity contribution in [2.75, 3.05) is 26.2 Å². The molecule has 1 aliphatic rings. The van der Waals surface area contributed by atoms with Crippen molar-refractivity contribution >= 4 is 0 Å². The molecule has 16 heavy (non-hydrogen) atoms. The molecule has 0 saturated carbocycles. The van der Waals surface area contributed by atoms with E-state index in [0.717, 1.165) is 32.4 Å². The average molecular weight is 234 g/mol. The molecule has 0 bridgehead atoms. The summed E-state index contributed by atoms with van der Waals surface area (Å²) in [6.45, 7) is 4.01. The Hall–Kier alpha value is -1.08. The van der Waals surface area contributed by atoms with Gasteiger partial charge in [0, 0.05) is 44.5 Å². The van der Waals surface area contributed by atoms with E-state index in [2.05, 4.69) is 15.3 Å². The molecule has 0 aliphatic carbocycles. The summed E-state index contributed by atoms with van der Waals surface area (Å²) in [4.78, 5) is 2.11. The Kier molecular flexibility index (Phi) is 3.15. The van der Waals surface area contributed by atoms with E-state index in [1.165, 1.54) is 6.20 Å². The summed E-state index contributed by atoms with van der Waals surface area (Å²) < 4.78 is 36.8. The van der Waals surface area contributed by atoms with E-state index in [9.17, 15) is 13.2 Å². The first kappa shape index (κ1) is 11.4. The second-order valence-corrected chi connectivity index (χ2v) is 3.79. The lowest BCUT2D eigenvalue weighted by Crippen LogP contribution is -2.42. The summed E-state index contributed by atoms with van der Waals surface area (Å²) in [7, 11) is 0. The number of nitrogens with one attached hydrogen (secondary N) is 1. The molecule has 1 aliphatic heterocycles. The van der Waals surface area contributed by atoms with Gasteiger partial charge >= 0.3 is 6.30 Å². The van der Waals surface area contributed by atoms with Crippen molar-refractivity contribution in [3.05, 3.63) is 18.0 Å². The van der Waals surface area contributed by atoms with Gasteiger partial charge in [-0.2, -0.15) is 9.78 Å². The zero-order valence-corrected chi connectivity index (χ0v) is 8.67. The molecule has 7 heteroatoms. The summed E-state index contributed by atoms with van der Waals surface area (Å²) in [5.74, 6) is 0. The van der Waals surface area contributed by atoms with Crippen LogP contribution in [0.25, 0.3) is 0 Å². The van der Waals surface area contributed by atoms with Gasteiger partial charge in [-0.05, 0) is 0 Å². The maximum Gasteiger partial charge on any atom is 0.504 e. The minimum absolute atomic E-state index is 0.0462. The van der Waals surface area contributed by atoms with Crippen LogP contribution in [0.15, 0.2) is 12.4 Å². The molecule has 0 atom stereocenters. The number of hydrogen-bond acceptors (Lipinski definition) is 3. The Balaban J connectivity index is 1.97. The standard InChI is InChI=1S/C9H13F3N4/c10-9(11,12)16-7-8(5-14-16)6-15-3-1-13-2-4-15/h5,7,13H,1-4,6H2. The monoisotopic (exact) mass is 234 g/mol. The van der Waals surface area contributed by atoms with Crippen LogP contribution in [0, 0.1) is 0 Å². The molecule has 1 N–H and O–H groups in total. The van der Waals surface area contributed by atoms with Gasteiger partial charge in [-0.3, -0.25) is 4.90 Å². The Morgan fingerprint density at radius 1 is 1.31 bits per heavy atom. The first-order chi connectivity index (χ1) is 7.55. The number of halogens is 3. The normalized spacial score (nSPS) is 18.9. The van der Waals surface area contributed by atoms with E-state index < -0.39 is 6.30 Å². The van der Waals surface area contributed by atoms with Crippen LogP contribution in [0.4, 0.5) is 13.2 Å². The third-order valence-electron chi connectivity index (χ3n) is 2.51. The van der Waals surface area contributed by atoms with Crippen molar-refractivity contribution in [3.8, 4) is 0 Å². The van der Waals surface area contributed by atoms with Gasteiger partial charge in [-0.15, -0.1) is 13.2 Å². The first-order valence-corrected chi connectivity index (χ1v) is 5.09. The van der Waals surface area contributed by atoms with Crippen LogP contribution in [0.2, 0.25) is 0 Å². The Morgan fingerprint density at radius 2 is 2.00 bits per heavy atom. The molecule has 4 nitrogen and oxygen atoms in total. The van der Waals surface area contributed by atoms with E-state index in [1.54, 1.807) is 0 Å². The SMILES string of the molecule is FC(F)(F)n1cc(CN2CCNCC2)cn1. The quantitative estimate of drug-likeness (QED) is 0.820. The zero-order chi connectivity index (χ0) is 11.6. The van der Waals surface area contributed by atoms with E-state index >= 15 is 0 Å². The lowest BCUT2D eigenvalue weighted by molar-refractivity contribution is -0.212. The fourth-order valence-electron chi connectivity index (χ4n) is 1.71. The van der Waals surface area contributed by atoms with Gasteiger partial charge in [0.1, 0.15) is 0 Å². The molecule has 0 radical (unpaired) electrons. The van der Waals surface area contributed by atoms with Crippen molar-refractivity contribution in [1.82, 2.24) is 20.0 Å². The number of piperazine rings is 1. The van der Waals surface area contributed by atoms with Crippen LogP contribution in [-0.4, -0.2) is 40.9 Å². The third kappa shape index (κ3) is 2.73. The highest BCUT2D eigenvalue weighted by atomic mass is 19.4. The summed E-state index contributed by atoms with van der Waals surface area (Å²) >= 11 is 0. The second-order valence-electron chi connectivity index (χ2n) is 3.79. The van der Waals surface area contributed by atoms with Gasteiger partial charge in [0.05, 0.1) is 6.20 Å². The van der Waals surface area contributed by atoms with Crippen molar-refractivity contribution in [2.24, 2.45) is 0 Å². The van der Waals surface area contributed by atoms with Gasteiger partial charge < -0.3 is 5.32 Å². The molecule has 1 aromatic heterocycles. The van der Waals surface area contributed by atoms with Crippen LogP contribution < -0.4 is 5.32 Å². The maximum atomic E-state index is 12.3. The van der Waals surface area contributed by atoms with E-state index in [1.807, 2.05) is 0 Å². The first-order valence-electron chi connectivity index (χ1n) is 5.09. The number of rotatable bonds is 2. The molecule has 2 heterocycles. The number of aromatic nitrogens is 2. The minimum Gasteiger partial charge on any atom is -0.314 e. The lowest BCUT2D eigenvalue weighted by atomic mass is 10.3. The molecule has 0 unspecified atom stereocenters. The fraction of sp³-hybridized carbons (Fsp3) is 0.667. The maximum absolute atomic E-state index is 12.3. The highest BCUT2D eigenvalue weighted by Gasteiger charge is 2.31. The van der Waals surface area contributed by atoms with Gasteiger partial charge in [0.15, 0.2) is 0 Å². The molecule has 2 rings (SSSR count). The Labute approximate surface area is 91.0 Å². The van der Waals surface area contributed by atoms with Gasteiger partial charge in [-0.25, -0.2) is 0 Å². The molecule has 0 aromatic carbocycles. The molecule has 1 fully saturated rings. The molecule has 1 saturated heterocycles. The van der Waals surface area contributed by atoms with Crippen LogP contribution in [0.1, 0.15) is 5.56 Å². The number of hydrogen-bond donors (Lipinski definition) is 1. The number of nitrogens with zero attached hydrogens (tertiary/aromatic N) is 3. The van der Waals surface area contributed by atoms with E-state index in [4.69, 9.17) is 0 Å². The van der Waals surface area contributed by atoms with Crippen molar-refractivity contribution in [1.29, 1.82) is 0 Å². The molecular weight excluding hydrogens is 221 g/mol. The largest absolute Gasteiger partial charge is 0.504 e. The van der Waals surface area contributed by atoms with Crippen LogP contribution in [-0.2, 0) is 12.8 Å². The highest BCUT2D eigenvalue weighted by molar-refractivity contribution is 5.04. The van der Waals surface area contributed by atoms with Crippen molar-refractivity contribution in [2.45, 2.75) is 12.8 Å². The van der Waals surface area contributed by atoms with Crippen LogP contribution in [0.5, 0.6) is 0 Å². The van der Waals surface area contributed by atoms with Gasteiger partial charge in [-0.1, -0.05) is 0 Å². The summed E-state index contributed by atoms with van der Waals surface area (Å²) in [5, 5.41) is 6.49. The third-order valence-corrected chi connectivity index (χ3v) is 2.51. The molecule has 0 spiro atoms. The second kappa shape index (κ2) is 4.42. The van der Waals surface area contributed by atoms with Gasteiger partial charge in [0.2, 0.25) is 0 Å². The van der Waals surface area contributed by atoms with Crippen LogP contribution in [0.3, 0.4) is 0 Å². The number of alkyl halides is 3. The predicted molar refractivity (Wildman–Crippen MR) is 51.7 cm³/mol. The molecule has 1 aromatic rings. The topological polar surface area (TPSA) is 33.1 Å². The van der Waals surface area contributed by atoms with Crippen LogP contribution >= 0.6 is 0 Å². The fourth-order valence-corrected chi connectivity index (χ4v) is 1.71. The molecular formula is C9H13F3N4. The lowest BCUT2D eigenvalue weighted by Gasteiger charge is -2.26. The minimum atomic E-state index is -4.41. The summed E-state index contributed by atoms with van der Waals surface area (Å²) in [6, 6.07) is 0. The summed E-state index contributed by atoms with van der Waals surface area (Å²) in [6.07, 6.45) is -2.10. The molecule has 90 valence electrons. The Morgan fingerprint density at radius 3 is 2.56 bits per heavy atom. The highest BCUT2D eigenvalue weighted by Crippen LogP contribution is 2.21. The van der Waals surface area contributed by atoms with Gasteiger partial charge in [0.25, 0.3) is 0 Å². The molecule has 0 amide bonds. The van der Waals surface area contributed by atoms with E-state index in [-0.39, 0.29) is 4.68 Å². The average Bonchev–Trinajstić information content (AvgIpc) is 2.67. The predicted octanol–water partition coefficient (Wildman–Crippen LogP) is 0.765. The van der Waals surface area contributed by atoms with E-state index in [0.29, 0.717) is 12.1 Å². The Bertz CT molecular complexity index is 341. The smallest absolute Gasteiger partial charge is 0.314 e. The zero-order valence-electron chi connectivity index (χ0n) is 8.67. The van der Waals surface area contributed by atoms with Crippen molar-refractivity contribution < 1.29 is 13.2 Å².